The maximum atomic E-state index is 3.76. The monoisotopic (exact) mass is 139 g/mol. The molecule has 0 rings (SSSR count). The Kier molecular flexibility index (Phi) is 6.19. The quantitative estimate of drug-likeness (QED) is 0.454. The highest BCUT2D eigenvalue weighted by Crippen LogP contribution is 1.86. The molecule has 0 saturated heterocycles. The predicted molar refractivity (Wildman–Crippen MR) is 47.1 cm³/mol. The second-order valence-electron chi connectivity index (χ2n) is 2.45. The minimum absolute atomic E-state index is 0.959. The zero-order valence-corrected chi connectivity index (χ0v) is 6.98. The van der Waals surface area contributed by atoms with Gasteiger partial charge in [0.2, 0.25) is 0 Å². The fourth-order valence-electron chi connectivity index (χ4n) is 0.622. The van der Waals surface area contributed by atoms with Crippen molar-refractivity contribution in [2.24, 2.45) is 0 Å². The van der Waals surface area contributed by atoms with Gasteiger partial charge in [0.05, 0.1) is 0 Å². The van der Waals surface area contributed by atoms with Crippen LogP contribution in [0.2, 0.25) is 0 Å². The second-order valence-corrected chi connectivity index (χ2v) is 2.45. The van der Waals surface area contributed by atoms with Crippen molar-refractivity contribution in [2.45, 2.75) is 20.3 Å². The van der Waals surface area contributed by atoms with Crippen molar-refractivity contribution >= 4 is 0 Å². The molecule has 0 spiro atoms. The van der Waals surface area contributed by atoms with Crippen molar-refractivity contribution in [1.82, 2.24) is 5.32 Å². The maximum Gasteiger partial charge on any atom is 0.0138 e. The third-order valence-corrected chi connectivity index (χ3v) is 1.09. The average molecular weight is 139 g/mol. The number of allylic oxidation sites excluding steroid dienone is 2. The molecule has 0 atom stereocenters. The number of hydrogen-bond donors (Lipinski definition) is 1. The van der Waals surface area contributed by atoms with E-state index in [0.717, 1.165) is 18.7 Å². The zero-order chi connectivity index (χ0) is 7.82. The molecule has 0 aliphatic rings. The van der Waals surface area contributed by atoms with E-state index in [1.165, 1.54) is 6.42 Å². The predicted octanol–water partition coefficient (Wildman–Crippen LogP) is 2.12. The van der Waals surface area contributed by atoms with Crippen LogP contribution in [0.25, 0.3) is 0 Å². The van der Waals surface area contributed by atoms with E-state index in [0.29, 0.717) is 0 Å². The van der Waals surface area contributed by atoms with Crippen LogP contribution in [-0.4, -0.2) is 13.1 Å². The molecule has 1 heteroatoms. The number of rotatable bonds is 5. The first-order chi connectivity index (χ1) is 4.77. The van der Waals surface area contributed by atoms with Gasteiger partial charge in [0.15, 0.2) is 0 Å². The van der Waals surface area contributed by atoms with Crippen LogP contribution in [0.5, 0.6) is 0 Å². The summed E-state index contributed by atoms with van der Waals surface area (Å²) in [5, 5.41) is 3.26. The van der Waals surface area contributed by atoms with Gasteiger partial charge in [-0.25, -0.2) is 0 Å². The van der Waals surface area contributed by atoms with E-state index in [-0.39, 0.29) is 0 Å². The summed E-state index contributed by atoms with van der Waals surface area (Å²) in [4.78, 5) is 0. The molecule has 0 heterocycles. The van der Waals surface area contributed by atoms with E-state index in [9.17, 15) is 0 Å². The lowest BCUT2D eigenvalue weighted by atomic mass is 10.3. The first-order valence-corrected chi connectivity index (χ1v) is 3.80. The minimum Gasteiger partial charge on any atom is -0.313 e. The molecule has 0 aromatic rings. The highest BCUT2D eigenvalue weighted by atomic mass is 14.8. The van der Waals surface area contributed by atoms with Crippen molar-refractivity contribution in [3.63, 3.8) is 0 Å². The highest BCUT2D eigenvalue weighted by molar-refractivity contribution is 5.11. The summed E-state index contributed by atoms with van der Waals surface area (Å²) in [5.74, 6) is 0. The minimum atomic E-state index is 0.959. The molecule has 0 aliphatic carbocycles. The first kappa shape index (κ1) is 9.44. The summed E-state index contributed by atoms with van der Waals surface area (Å²) < 4.78 is 0. The second kappa shape index (κ2) is 6.56. The van der Waals surface area contributed by atoms with Crippen molar-refractivity contribution in [3.8, 4) is 0 Å². The van der Waals surface area contributed by atoms with Crippen LogP contribution in [0.4, 0.5) is 0 Å². The molecule has 0 saturated carbocycles. The molecule has 1 N–H and O–H groups in total. The molecule has 0 bridgehead atoms. The standard InChI is InChI=1S/C9H17N/c1-4-7-10-8-5-6-9(2)3/h5-6,10H,2,4,7-8H2,1,3H3/b6-5-. The van der Waals surface area contributed by atoms with E-state index < -0.39 is 0 Å². The first-order valence-electron chi connectivity index (χ1n) is 3.80. The Hall–Kier alpha value is -0.560. The summed E-state index contributed by atoms with van der Waals surface area (Å²) >= 11 is 0. The lowest BCUT2D eigenvalue weighted by Crippen LogP contribution is -2.13. The van der Waals surface area contributed by atoms with Gasteiger partial charge in [0, 0.05) is 6.54 Å². The van der Waals surface area contributed by atoms with E-state index >= 15 is 0 Å². The largest absolute Gasteiger partial charge is 0.313 e. The summed E-state index contributed by atoms with van der Waals surface area (Å²) in [6, 6.07) is 0. The fourth-order valence-corrected chi connectivity index (χ4v) is 0.622. The molecular formula is C9H17N. The fraction of sp³-hybridized carbons (Fsp3) is 0.556. The molecule has 10 heavy (non-hydrogen) atoms. The lowest BCUT2D eigenvalue weighted by molar-refractivity contribution is 0.729. The van der Waals surface area contributed by atoms with Crippen molar-refractivity contribution in [1.29, 1.82) is 0 Å². The Labute approximate surface area is 63.8 Å². The summed E-state index contributed by atoms with van der Waals surface area (Å²) in [5.41, 5.74) is 1.11. The Bertz CT molecular complexity index is 114. The van der Waals surface area contributed by atoms with Gasteiger partial charge in [-0.15, -0.1) is 0 Å². The smallest absolute Gasteiger partial charge is 0.0138 e. The van der Waals surface area contributed by atoms with Crippen LogP contribution in [-0.2, 0) is 0 Å². The average Bonchev–Trinajstić information content (AvgIpc) is 1.87. The summed E-state index contributed by atoms with van der Waals surface area (Å²) in [6.45, 7) is 9.97. The van der Waals surface area contributed by atoms with Gasteiger partial charge < -0.3 is 5.32 Å². The van der Waals surface area contributed by atoms with Crippen molar-refractivity contribution < 1.29 is 0 Å². The topological polar surface area (TPSA) is 12.0 Å². The van der Waals surface area contributed by atoms with E-state index in [1.54, 1.807) is 0 Å². The van der Waals surface area contributed by atoms with Crippen molar-refractivity contribution in [2.75, 3.05) is 13.1 Å². The highest BCUT2D eigenvalue weighted by Gasteiger charge is 1.77. The molecule has 0 fully saturated rings. The lowest BCUT2D eigenvalue weighted by Gasteiger charge is -1.95. The molecule has 0 unspecified atom stereocenters. The molecule has 0 aliphatic heterocycles. The van der Waals surface area contributed by atoms with Crippen LogP contribution in [0.15, 0.2) is 24.3 Å². The molecule has 0 amide bonds. The summed E-state index contributed by atoms with van der Waals surface area (Å²) in [7, 11) is 0. The molecular weight excluding hydrogens is 122 g/mol. The maximum absolute atomic E-state index is 3.76. The molecule has 0 aromatic heterocycles. The van der Waals surface area contributed by atoms with E-state index in [4.69, 9.17) is 0 Å². The summed E-state index contributed by atoms with van der Waals surface area (Å²) in [6.07, 6.45) is 5.32. The van der Waals surface area contributed by atoms with Crippen LogP contribution >= 0.6 is 0 Å². The van der Waals surface area contributed by atoms with Crippen LogP contribution < -0.4 is 5.32 Å². The van der Waals surface area contributed by atoms with E-state index in [2.05, 4.69) is 24.9 Å². The number of hydrogen-bond acceptors (Lipinski definition) is 1. The Morgan fingerprint density at radius 3 is 2.80 bits per heavy atom. The Morgan fingerprint density at radius 2 is 2.30 bits per heavy atom. The van der Waals surface area contributed by atoms with Gasteiger partial charge in [-0.3, -0.25) is 0 Å². The third kappa shape index (κ3) is 7.44. The normalized spacial score (nSPS) is 10.6. The van der Waals surface area contributed by atoms with Gasteiger partial charge in [0.1, 0.15) is 0 Å². The molecule has 0 radical (unpaired) electrons. The SMILES string of the molecule is C=C(C)/C=C\CNCCC. The molecule has 0 aromatic carbocycles. The van der Waals surface area contributed by atoms with Gasteiger partial charge >= 0.3 is 0 Å². The Morgan fingerprint density at radius 1 is 1.60 bits per heavy atom. The van der Waals surface area contributed by atoms with E-state index in [1.807, 2.05) is 13.0 Å². The zero-order valence-electron chi connectivity index (χ0n) is 6.98. The van der Waals surface area contributed by atoms with Gasteiger partial charge in [-0.2, -0.15) is 0 Å². The van der Waals surface area contributed by atoms with Crippen LogP contribution in [0.3, 0.4) is 0 Å². The van der Waals surface area contributed by atoms with Crippen LogP contribution in [0.1, 0.15) is 20.3 Å². The Balaban J connectivity index is 3.10. The van der Waals surface area contributed by atoms with Gasteiger partial charge in [-0.1, -0.05) is 31.2 Å². The molecule has 1 nitrogen and oxygen atoms in total. The van der Waals surface area contributed by atoms with Crippen LogP contribution in [0, 0.1) is 0 Å². The molecule has 58 valence electrons. The van der Waals surface area contributed by atoms with Gasteiger partial charge in [-0.05, 0) is 19.9 Å². The van der Waals surface area contributed by atoms with Gasteiger partial charge in [0.25, 0.3) is 0 Å². The number of nitrogens with one attached hydrogen (secondary N) is 1. The van der Waals surface area contributed by atoms with Crippen molar-refractivity contribution in [3.05, 3.63) is 24.3 Å². The third-order valence-electron chi connectivity index (χ3n) is 1.09.